The molecular weight excluding hydrogens is 451 g/mol. The zero-order valence-corrected chi connectivity index (χ0v) is 17.1. The quantitative estimate of drug-likeness (QED) is 0.503. The third-order valence-corrected chi connectivity index (χ3v) is 5.28. The number of carbonyl (C=O) groups excluding carboxylic acids is 1. The molecule has 5 rings (SSSR count). The molecule has 30 heavy (non-hydrogen) atoms. The van der Waals surface area contributed by atoms with E-state index in [9.17, 15) is 9.18 Å². The second-order valence-electron chi connectivity index (χ2n) is 6.70. The zero-order valence-electron chi connectivity index (χ0n) is 15.5. The van der Waals surface area contributed by atoms with Gasteiger partial charge in [0.1, 0.15) is 17.3 Å². The summed E-state index contributed by atoms with van der Waals surface area (Å²) in [6.45, 7) is 0.179. The Balaban J connectivity index is 1.59. The molecule has 0 unspecified atom stereocenters. The van der Waals surface area contributed by atoms with Crippen LogP contribution in [0.3, 0.4) is 0 Å². The molecule has 0 fully saturated rings. The third kappa shape index (κ3) is 3.37. The smallest absolute Gasteiger partial charge is 0.282 e. The monoisotopic (exact) mass is 464 g/mol. The van der Waals surface area contributed by atoms with Gasteiger partial charge in [0.2, 0.25) is 6.79 Å². The fraction of sp³-hybridized carbons (Fsp3) is 0.0435. The second kappa shape index (κ2) is 7.42. The van der Waals surface area contributed by atoms with Crippen LogP contribution in [0.5, 0.6) is 11.5 Å². The fourth-order valence-corrected chi connectivity index (χ4v) is 3.56. The van der Waals surface area contributed by atoms with E-state index in [1.165, 1.54) is 17.0 Å². The number of hydrogen-bond acceptors (Lipinski definition) is 4. The van der Waals surface area contributed by atoms with Crippen LogP contribution in [0.1, 0.15) is 11.1 Å². The fourth-order valence-electron chi connectivity index (χ4n) is 3.30. The minimum Gasteiger partial charge on any atom is -0.454 e. The van der Waals surface area contributed by atoms with Gasteiger partial charge in [0.05, 0.1) is 5.69 Å². The van der Waals surface area contributed by atoms with Crippen molar-refractivity contribution in [1.29, 1.82) is 0 Å². The van der Waals surface area contributed by atoms with Gasteiger partial charge in [-0.05, 0) is 72.3 Å². The molecule has 2 aliphatic rings. The van der Waals surface area contributed by atoms with E-state index in [1.807, 2.05) is 30.3 Å². The first-order valence-electron chi connectivity index (χ1n) is 9.14. The number of benzene rings is 3. The van der Waals surface area contributed by atoms with E-state index < -0.39 is 0 Å². The largest absolute Gasteiger partial charge is 0.454 e. The number of carbonyl (C=O) groups is 1. The number of nitrogens with zero attached hydrogens (tertiary/aromatic N) is 2. The molecular formula is C23H14BrFN2O3. The molecule has 0 N–H and O–H groups in total. The van der Waals surface area contributed by atoms with Crippen molar-refractivity contribution in [3.8, 4) is 11.5 Å². The highest BCUT2D eigenvalue weighted by Gasteiger charge is 2.32. The van der Waals surface area contributed by atoms with Crippen molar-refractivity contribution >= 4 is 39.4 Å². The standard InChI is InChI=1S/C23H14BrFN2O3/c24-16-4-8-18(9-5-16)27-22(15-2-6-17(25)7-3-15)26-19(23(27)28)11-14-1-10-20-21(12-14)30-13-29-20/h1-12H,13H2/b19-11+. The molecule has 0 aromatic heterocycles. The first kappa shape index (κ1) is 18.6. The highest BCUT2D eigenvalue weighted by Crippen LogP contribution is 2.34. The molecule has 7 heteroatoms. The Bertz CT molecular complexity index is 1200. The Morgan fingerprint density at radius 1 is 0.967 bits per heavy atom. The van der Waals surface area contributed by atoms with Crippen molar-refractivity contribution in [3.05, 3.63) is 93.8 Å². The molecule has 0 bridgehead atoms. The maximum absolute atomic E-state index is 13.4. The molecule has 5 nitrogen and oxygen atoms in total. The molecule has 0 saturated carbocycles. The molecule has 2 heterocycles. The number of amidine groups is 1. The predicted octanol–water partition coefficient (Wildman–Crippen LogP) is 5.15. The summed E-state index contributed by atoms with van der Waals surface area (Å²) in [5.41, 5.74) is 2.35. The van der Waals surface area contributed by atoms with Crippen LogP contribution < -0.4 is 14.4 Å². The molecule has 3 aromatic rings. The topological polar surface area (TPSA) is 51.1 Å². The van der Waals surface area contributed by atoms with Crippen LogP contribution in [0, 0.1) is 5.82 Å². The summed E-state index contributed by atoms with van der Waals surface area (Å²) in [5.74, 6) is 1.11. The lowest BCUT2D eigenvalue weighted by Crippen LogP contribution is -2.32. The first-order valence-corrected chi connectivity index (χ1v) is 9.94. The van der Waals surface area contributed by atoms with E-state index in [1.54, 1.807) is 30.3 Å². The normalized spacial score (nSPS) is 16.3. The molecule has 0 atom stereocenters. The molecule has 3 aromatic carbocycles. The molecule has 0 spiro atoms. The number of anilines is 1. The van der Waals surface area contributed by atoms with Crippen LogP contribution in [0.4, 0.5) is 10.1 Å². The molecule has 0 saturated heterocycles. The van der Waals surface area contributed by atoms with Crippen molar-refractivity contribution < 1.29 is 18.7 Å². The summed E-state index contributed by atoms with van der Waals surface area (Å²) in [7, 11) is 0. The average molecular weight is 465 g/mol. The Kier molecular flexibility index (Phi) is 4.59. The summed E-state index contributed by atoms with van der Waals surface area (Å²) in [5, 5.41) is 0. The van der Waals surface area contributed by atoms with E-state index in [2.05, 4.69) is 20.9 Å². The van der Waals surface area contributed by atoms with Crippen LogP contribution in [-0.2, 0) is 4.79 Å². The Morgan fingerprint density at radius 2 is 1.70 bits per heavy atom. The minimum atomic E-state index is -0.352. The van der Waals surface area contributed by atoms with E-state index >= 15 is 0 Å². The Labute approximate surface area is 180 Å². The summed E-state index contributed by atoms with van der Waals surface area (Å²) < 4.78 is 25.1. The van der Waals surface area contributed by atoms with Gasteiger partial charge >= 0.3 is 0 Å². The van der Waals surface area contributed by atoms with Crippen LogP contribution in [-0.4, -0.2) is 18.5 Å². The van der Waals surface area contributed by atoms with Gasteiger partial charge in [-0.1, -0.05) is 22.0 Å². The zero-order chi connectivity index (χ0) is 20.7. The van der Waals surface area contributed by atoms with Gasteiger partial charge in [-0.15, -0.1) is 0 Å². The van der Waals surface area contributed by atoms with Crippen molar-refractivity contribution in [1.82, 2.24) is 0 Å². The minimum absolute atomic E-state index is 0.179. The van der Waals surface area contributed by atoms with Gasteiger partial charge in [0.15, 0.2) is 11.5 Å². The summed E-state index contributed by atoms with van der Waals surface area (Å²) in [6, 6.07) is 18.7. The maximum atomic E-state index is 13.4. The van der Waals surface area contributed by atoms with E-state index in [0.29, 0.717) is 28.6 Å². The van der Waals surface area contributed by atoms with Gasteiger partial charge in [-0.25, -0.2) is 9.38 Å². The van der Waals surface area contributed by atoms with Crippen molar-refractivity contribution in [2.45, 2.75) is 0 Å². The van der Waals surface area contributed by atoms with Gasteiger partial charge in [0.25, 0.3) is 5.91 Å². The number of rotatable bonds is 3. The second-order valence-corrected chi connectivity index (χ2v) is 7.62. The lowest BCUT2D eigenvalue weighted by molar-refractivity contribution is -0.113. The van der Waals surface area contributed by atoms with Gasteiger partial charge in [-0.3, -0.25) is 9.69 Å². The van der Waals surface area contributed by atoms with Crippen molar-refractivity contribution in [2.24, 2.45) is 4.99 Å². The lowest BCUT2D eigenvalue weighted by atomic mass is 10.1. The van der Waals surface area contributed by atoms with Crippen molar-refractivity contribution in [3.63, 3.8) is 0 Å². The van der Waals surface area contributed by atoms with E-state index in [0.717, 1.165) is 10.0 Å². The van der Waals surface area contributed by atoms with Gasteiger partial charge in [0, 0.05) is 10.0 Å². The number of hydrogen-bond donors (Lipinski definition) is 0. The molecule has 0 radical (unpaired) electrons. The summed E-state index contributed by atoms with van der Waals surface area (Å²) >= 11 is 3.41. The average Bonchev–Trinajstić information content (AvgIpc) is 3.34. The molecule has 0 aliphatic carbocycles. The summed E-state index contributed by atoms with van der Waals surface area (Å²) in [6.07, 6.45) is 1.70. The highest BCUT2D eigenvalue weighted by atomic mass is 79.9. The maximum Gasteiger partial charge on any atom is 0.282 e. The number of fused-ring (bicyclic) bond motifs is 1. The molecule has 1 amide bonds. The number of halogens is 2. The van der Waals surface area contributed by atoms with Crippen LogP contribution in [0.2, 0.25) is 0 Å². The van der Waals surface area contributed by atoms with Gasteiger partial charge < -0.3 is 9.47 Å². The van der Waals surface area contributed by atoms with Crippen molar-refractivity contribution in [2.75, 3.05) is 11.7 Å². The predicted molar refractivity (Wildman–Crippen MR) is 115 cm³/mol. The number of ether oxygens (including phenoxy) is 2. The Hall–Kier alpha value is -3.45. The number of aliphatic imine (C=N–C) groups is 1. The first-order chi connectivity index (χ1) is 14.6. The van der Waals surface area contributed by atoms with Crippen LogP contribution in [0.25, 0.3) is 6.08 Å². The van der Waals surface area contributed by atoms with Crippen LogP contribution >= 0.6 is 15.9 Å². The Morgan fingerprint density at radius 3 is 2.47 bits per heavy atom. The van der Waals surface area contributed by atoms with Crippen LogP contribution in [0.15, 0.2) is 81.9 Å². The molecule has 2 aliphatic heterocycles. The van der Waals surface area contributed by atoms with Gasteiger partial charge in [-0.2, -0.15) is 0 Å². The number of amides is 1. The van der Waals surface area contributed by atoms with E-state index in [-0.39, 0.29) is 24.2 Å². The molecule has 148 valence electrons. The summed E-state index contributed by atoms with van der Waals surface area (Å²) in [4.78, 5) is 19.4. The highest BCUT2D eigenvalue weighted by molar-refractivity contribution is 9.10. The van der Waals surface area contributed by atoms with E-state index in [4.69, 9.17) is 9.47 Å². The third-order valence-electron chi connectivity index (χ3n) is 4.75. The SMILES string of the molecule is O=C1/C(=C\c2ccc3c(c2)OCO3)N=C(c2ccc(F)cc2)N1c1ccc(Br)cc1. The lowest BCUT2D eigenvalue weighted by Gasteiger charge is -2.18.